The number of benzene rings is 2. The minimum absolute atomic E-state index is 0.311. The molecule has 0 spiro atoms. The highest BCUT2D eigenvalue weighted by molar-refractivity contribution is 6.30. The molecule has 19 heavy (non-hydrogen) atoms. The van der Waals surface area contributed by atoms with E-state index in [1.165, 1.54) is 16.7 Å². The van der Waals surface area contributed by atoms with Gasteiger partial charge in [-0.05, 0) is 48.7 Å². The van der Waals surface area contributed by atoms with Crippen LogP contribution in [0.2, 0.25) is 5.02 Å². The number of aryl methyl sites for hydroxylation is 1. The summed E-state index contributed by atoms with van der Waals surface area (Å²) in [5.41, 5.74) is 3.91. The Morgan fingerprint density at radius 2 is 1.84 bits per heavy atom. The maximum absolute atomic E-state index is 6.14. The molecule has 2 aromatic rings. The zero-order valence-corrected chi connectivity index (χ0v) is 12.2. The van der Waals surface area contributed by atoms with Crippen molar-refractivity contribution in [1.29, 1.82) is 0 Å². The van der Waals surface area contributed by atoms with Crippen LogP contribution in [0.25, 0.3) is 0 Å². The molecule has 100 valence electrons. The van der Waals surface area contributed by atoms with Gasteiger partial charge in [0, 0.05) is 11.1 Å². The second-order valence-corrected chi connectivity index (χ2v) is 5.24. The van der Waals surface area contributed by atoms with E-state index < -0.39 is 0 Å². The molecule has 0 saturated heterocycles. The van der Waals surface area contributed by atoms with Gasteiger partial charge in [0.1, 0.15) is 0 Å². The number of rotatable bonds is 5. The predicted molar refractivity (Wildman–Crippen MR) is 82.8 cm³/mol. The number of nitrogens with one attached hydrogen (secondary N) is 1. The van der Waals surface area contributed by atoms with Gasteiger partial charge in [-0.2, -0.15) is 0 Å². The Kier molecular flexibility index (Phi) is 5.00. The van der Waals surface area contributed by atoms with E-state index in [2.05, 4.69) is 61.6 Å². The topological polar surface area (TPSA) is 12.0 Å². The van der Waals surface area contributed by atoms with Gasteiger partial charge >= 0.3 is 0 Å². The van der Waals surface area contributed by atoms with Crippen molar-refractivity contribution >= 4 is 11.6 Å². The average molecular weight is 274 g/mol. The molecule has 0 bridgehead atoms. The Labute approximate surface area is 120 Å². The van der Waals surface area contributed by atoms with E-state index in [1.807, 2.05) is 6.07 Å². The van der Waals surface area contributed by atoms with E-state index in [0.717, 1.165) is 18.0 Å². The van der Waals surface area contributed by atoms with Crippen molar-refractivity contribution in [2.75, 3.05) is 6.54 Å². The summed E-state index contributed by atoms with van der Waals surface area (Å²) in [4.78, 5) is 0. The van der Waals surface area contributed by atoms with Crippen LogP contribution in [-0.2, 0) is 6.42 Å². The summed E-state index contributed by atoms with van der Waals surface area (Å²) in [5, 5.41) is 4.36. The third kappa shape index (κ3) is 3.82. The van der Waals surface area contributed by atoms with Gasteiger partial charge in [-0.15, -0.1) is 0 Å². The molecule has 0 saturated carbocycles. The largest absolute Gasteiger partial charge is 0.310 e. The smallest absolute Gasteiger partial charge is 0.0409 e. The second kappa shape index (κ2) is 6.74. The zero-order valence-electron chi connectivity index (χ0n) is 11.5. The summed E-state index contributed by atoms with van der Waals surface area (Å²) in [6.07, 6.45) is 0.982. The molecule has 1 atom stereocenters. The lowest BCUT2D eigenvalue weighted by atomic mass is 9.95. The summed E-state index contributed by atoms with van der Waals surface area (Å²) < 4.78 is 0. The highest BCUT2D eigenvalue weighted by Gasteiger charge is 2.13. The molecule has 0 fully saturated rings. The summed E-state index contributed by atoms with van der Waals surface area (Å²) in [7, 11) is 0. The van der Waals surface area contributed by atoms with Gasteiger partial charge in [0.15, 0.2) is 0 Å². The van der Waals surface area contributed by atoms with Gasteiger partial charge in [-0.1, -0.05) is 54.9 Å². The standard InChI is InChI=1S/C17H20ClN/c1-3-19-17(11-14-7-5-4-6-8-14)16-12-15(18)10-9-13(16)2/h4-10,12,17,19H,3,11H2,1-2H3. The molecular weight excluding hydrogens is 254 g/mol. The molecule has 0 amide bonds. The van der Waals surface area contributed by atoms with E-state index in [1.54, 1.807) is 0 Å². The van der Waals surface area contributed by atoms with Crippen molar-refractivity contribution in [3.63, 3.8) is 0 Å². The summed E-state index contributed by atoms with van der Waals surface area (Å²) in [5.74, 6) is 0. The number of hydrogen-bond donors (Lipinski definition) is 1. The van der Waals surface area contributed by atoms with Gasteiger partial charge in [0.05, 0.1) is 0 Å². The van der Waals surface area contributed by atoms with Crippen LogP contribution in [0.1, 0.15) is 29.7 Å². The summed E-state index contributed by atoms with van der Waals surface area (Å²) in [6, 6.07) is 17.0. The van der Waals surface area contributed by atoms with Crippen molar-refractivity contribution < 1.29 is 0 Å². The van der Waals surface area contributed by atoms with E-state index in [-0.39, 0.29) is 0 Å². The van der Waals surface area contributed by atoms with Gasteiger partial charge in [-0.25, -0.2) is 0 Å². The van der Waals surface area contributed by atoms with Crippen LogP contribution in [0.15, 0.2) is 48.5 Å². The minimum Gasteiger partial charge on any atom is -0.310 e. The van der Waals surface area contributed by atoms with Crippen LogP contribution in [0, 0.1) is 6.92 Å². The Morgan fingerprint density at radius 3 is 2.53 bits per heavy atom. The van der Waals surface area contributed by atoms with Crippen LogP contribution in [0.5, 0.6) is 0 Å². The predicted octanol–water partition coefficient (Wildman–Crippen LogP) is 4.54. The highest BCUT2D eigenvalue weighted by Crippen LogP contribution is 2.25. The monoisotopic (exact) mass is 273 g/mol. The van der Waals surface area contributed by atoms with Crippen LogP contribution in [0.3, 0.4) is 0 Å². The lowest BCUT2D eigenvalue weighted by molar-refractivity contribution is 0.547. The van der Waals surface area contributed by atoms with Crippen LogP contribution >= 0.6 is 11.6 Å². The van der Waals surface area contributed by atoms with Crippen molar-refractivity contribution in [1.82, 2.24) is 5.32 Å². The van der Waals surface area contributed by atoms with Crippen molar-refractivity contribution in [2.24, 2.45) is 0 Å². The van der Waals surface area contributed by atoms with Crippen molar-refractivity contribution in [3.8, 4) is 0 Å². The second-order valence-electron chi connectivity index (χ2n) is 4.80. The lowest BCUT2D eigenvalue weighted by Gasteiger charge is -2.21. The molecule has 0 radical (unpaired) electrons. The first kappa shape index (κ1) is 14.1. The van der Waals surface area contributed by atoms with E-state index in [0.29, 0.717) is 6.04 Å². The fraction of sp³-hybridized carbons (Fsp3) is 0.294. The molecule has 1 nitrogen and oxygen atoms in total. The van der Waals surface area contributed by atoms with Gasteiger partial charge in [0.25, 0.3) is 0 Å². The van der Waals surface area contributed by atoms with Crippen LogP contribution in [0.4, 0.5) is 0 Å². The molecule has 0 aliphatic heterocycles. The summed E-state index contributed by atoms with van der Waals surface area (Å²) >= 11 is 6.14. The summed E-state index contributed by atoms with van der Waals surface area (Å²) in [6.45, 7) is 5.22. The average Bonchev–Trinajstić information content (AvgIpc) is 2.42. The molecule has 1 unspecified atom stereocenters. The molecule has 1 N–H and O–H groups in total. The molecule has 2 rings (SSSR count). The maximum atomic E-state index is 6.14. The third-order valence-electron chi connectivity index (χ3n) is 3.35. The fourth-order valence-corrected chi connectivity index (χ4v) is 2.56. The first-order valence-electron chi connectivity index (χ1n) is 6.74. The highest BCUT2D eigenvalue weighted by atomic mass is 35.5. The molecule has 0 aliphatic rings. The SMILES string of the molecule is CCNC(Cc1ccccc1)c1cc(Cl)ccc1C. The Bertz CT molecular complexity index is 522. The first-order valence-corrected chi connectivity index (χ1v) is 7.12. The van der Waals surface area contributed by atoms with Crippen LogP contribution in [-0.4, -0.2) is 6.54 Å². The molecular formula is C17H20ClN. The maximum Gasteiger partial charge on any atom is 0.0409 e. The molecule has 2 aromatic carbocycles. The zero-order chi connectivity index (χ0) is 13.7. The fourth-order valence-electron chi connectivity index (χ4n) is 2.38. The molecule has 2 heteroatoms. The Hall–Kier alpha value is -1.31. The van der Waals surface area contributed by atoms with Crippen LogP contribution < -0.4 is 5.32 Å². The van der Waals surface area contributed by atoms with Gasteiger partial charge in [-0.3, -0.25) is 0 Å². The lowest BCUT2D eigenvalue weighted by Crippen LogP contribution is -2.23. The van der Waals surface area contributed by atoms with Crippen molar-refractivity contribution in [2.45, 2.75) is 26.3 Å². The number of halogens is 1. The Balaban J connectivity index is 2.27. The normalized spacial score (nSPS) is 12.4. The first-order chi connectivity index (χ1) is 9.20. The quantitative estimate of drug-likeness (QED) is 0.843. The molecule has 0 aliphatic carbocycles. The van der Waals surface area contributed by atoms with Crippen molar-refractivity contribution in [3.05, 3.63) is 70.2 Å². The minimum atomic E-state index is 0.311. The van der Waals surface area contributed by atoms with E-state index in [4.69, 9.17) is 11.6 Å². The van der Waals surface area contributed by atoms with E-state index >= 15 is 0 Å². The van der Waals surface area contributed by atoms with Gasteiger partial charge < -0.3 is 5.32 Å². The number of hydrogen-bond acceptors (Lipinski definition) is 1. The molecule has 0 aromatic heterocycles. The van der Waals surface area contributed by atoms with E-state index in [9.17, 15) is 0 Å². The van der Waals surface area contributed by atoms with Gasteiger partial charge in [0.2, 0.25) is 0 Å². The third-order valence-corrected chi connectivity index (χ3v) is 3.58. The molecule has 0 heterocycles. The number of likely N-dealkylation sites (N-methyl/N-ethyl adjacent to an activating group) is 1. The Morgan fingerprint density at radius 1 is 1.11 bits per heavy atom.